The van der Waals surface area contributed by atoms with Crippen LogP contribution in [0.1, 0.15) is 39.5 Å². The highest BCUT2D eigenvalue weighted by atomic mass is 15.1. The molecule has 0 unspecified atom stereocenters. The molecule has 2 N–H and O–H groups in total. The van der Waals surface area contributed by atoms with Crippen LogP contribution in [0.3, 0.4) is 0 Å². The Labute approximate surface area is 121 Å². The smallest absolute Gasteiger partial charge is 0.225 e. The number of nitrogens with one attached hydrogen (secondary N) is 2. The fourth-order valence-corrected chi connectivity index (χ4v) is 2.21. The molecule has 2 rings (SSSR count). The molecule has 0 fully saturated rings. The standard InChI is InChI=1S/C16H24N4/c1-3-5-6-9-12-18-15-13-10-7-8-11-14(13)19-16(20-15)17-4-2/h7-8,10-11H,3-6,9,12H2,1-2H3,(H2,17,18,19,20). The van der Waals surface area contributed by atoms with E-state index in [-0.39, 0.29) is 0 Å². The van der Waals surface area contributed by atoms with Crippen molar-refractivity contribution in [1.82, 2.24) is 9.97 Å². The fourth-order valence-electron chi connectivity index (χ4n) is 2.21. The van der Waals surface area contributed by atoms with Gasteiger partial charge in [0.15, 0.2) is 0 Å². The average Bonchev–Trinajstić information content (AvgIpc) is 2.47. The highest BCUT2D eigenvalue weighted by molar-refractivity contribution is 5.89. The van der Waals surface area contributed by atoms with Gasteiger partial charge in [-0.3, -0.25) is 0 Å². The van der Waals surface area contributed by atoms with Gasteiger partial charge in [0.2, 0.25) is 5.95 Å². The second-order valence-electron chi connectivity index (χ2n) is 4.93. The average molecular weight is 272 g/mol. The van der Waals surface area contributed by atoms with Crippen molar-refractivity contribution in [1.29, 1.82) is 0 Å². The van der Waals surface area contributed by atoms with Gasteiger partial charge in [-0.1, -0.05) is 38.3 Å². The van der Waals surface area contributed by atoms with E-state index in [9.17, 15) is 0 Å². The van der Waals surface area contributed by atoms with E-state index < -0.39 is 0 Å². The second kappa shape index (κ2) is 7.68. The Morgan fingerprint density at radius 3 is 2.60 bits per heavy atom. The first-order valence-electron chi connectivity index (χ1n) is 7.59. The number of aromatic nitrogens is 2. The molecule has 0 amide bonds. The van der Waals surface area contributed by atoms with E-state index in [1.807, 2.05) is 18.2 Å². The molecule has 0 saturated carbocycles. The van der Waals surface area contributed by atoms with Crippen LogP contribution in [0.15, 0.2) is 24.3 Å². The first kappa shape index (κ1) is 14.6. The lowest BCUT2D eigenvalue weighted by Gasteiger charge is -2.11. The van der Waals surface area contributed by atoms with E-state index in [0.29, 0.717) is 5.95 Å². The maximum atomic E-state index is 4.58. The van der Waals surface area contributed by atoms with Gasteiger partial charge in [0.1, 0.15) is 5.82 Å². The second-order valence-corrected chi connectivity index (χ2v) is 4.93. The number of benzene rings is 1. The molecule has 1 heterocycles. The van der Waals surface area contributed by atoms with Gasteiger partial charge >= 0.3 is 0 Å². The molecule has 0 aliphatic heterocycles. The summed E-state index contributed by atoms with van der Waals surface area (Å²) in [6, 6.07) is 8.14. The Morgan fingerprint density at radius 1 is 0.950 bits per heavy atom. The number of fused-ring (bicyclic) bond motifs is 1. The van der Waals surface area contributed by atoms with Crippen molar-refractivity contribution >= 4 is 22.7 Å². The fraction of sp³-hybridized carbons (Fsp3) is 0.500. The van der Waals surface area contributed by atoms with E-state index in [2.05, 4.69) is 40.5 Å². The monoisotopic (exact) mass is 272 g/mol. The van der Waals surface area contributed by atoms with Crippen molar-refractivity contribution in [2.75, 3.05) is 23.7 Å². The molecular weight excluding hydrogens is 248 g/mol. The quantitative estimate of drug-likeness (QED) is 0.712. The number of hydrogen-bond donors (Lipinski definition) is 2. The van der Waals surface area contributed by atoms with Crippen LogP contribution in [0.5, 0.6) is 0 Å². The highest BCUT2D eigenvalue weighted by Gasteiger charge is 2.06. The lowest BCUT2D eigenvalue weighted by Crippen LogP contribution is -2.08. The van der Waals surface area contributed by atoms with Crippen molar-refractivity contribution in [3.63, 3.8) is 0 Å². The molecule has 0 spiro atoms. The molecule has 0 bridgehead atoms. The van der Waals surface area contributed by atoms with Crippen LogP contribution in [0, 0.1) is 0 Å². The Bertz CT molecular complexity index is 539. The lowest BCUT2D eigenvalue weighted by atomic mass is 10.2. The number of nitrogens with zero attached hydrogens (tertiary/aromatic N) is 2. The predicted octanol–water partition coefficient (Wildman–Crippen LogP) is 4.05. The molecule has 4 nitrogen and oxygen atoms in total. The summed E-state index contributed by atoms with van der Waals surface area (Å²) in [5, 5.41) is 7.73. The number of para-hydroxylation sites is 1. The van der Waals surface area contributed by atoms with Gasteiger partial charge < -0.3 is 10.6 Å². The summed E-state index contributed by atoms with van der Waals surface area (Å²) in [4.78, 5) is 9.10. The van der Waals surface area contributed by atoms with Gasteiger partial charge in [-0.05, 0) is 25.5 Å². The molecule has 0 atom stereocenters. The minimum Gasteiger partial charge on any atom is -0.369 e. The summed E-state index contributed by atoms with van der Waals surface area (Å²) in [5.41, 5.74) is 0.981. The zero-order valence-corrected chi connectivity index (χ0v) is 12.4. The van der Waals surface area contributed by atoms with E-state index >= 15 is 0 Å². The van der Waals surface area contributed by atoms with Crippen molar-refractivity contribution in [2.45, 2.75) is 39.5 Å². The Hall–Kier alpha value is -1.84. The number of rotatable bonds is 8. The molecule has 1 aromatic carbocycles. The van der Waals surface area contributed by atoms with Crippen LogP contribution in [-0.4, -0.2) is 23.1 Å². The molecule has 0 aliphatic rings. The van der Waals surface area contributed by atoms with Gasteiger partial charge in [-0.15, -0.1) is 0 Å². The summed E-state index contributed by atoms with van der Waals surface area (Å²) in [6.45, 7) is 6.07. The Kier molecular flexibility index (Phi) is 5.59. The maximum Gasteiger partial charge on any atom is 0.225 e. The number of unbranched alkanes of at least 4 members (excludes halogenated alkanes) is 3. The van der Waals surface area contributed by atoms with E-state index in [0.717, 1.165) is 29.8 Å². The maximum absolute atomic E-state index is 4.58. The minimum atomic E-state index is 0.697. The third-order valence-corrected chi connectivity index (χ3v) is 3.26. The van der Waals surface area contributed by atoms with Gasteiger partial charge in [-0.25, -0.2) is 4.98 Å². The molecule has 4 heteroatoms. The highest BCUT2D eigenvalue weighted by Crippen LogP contribution is 2.21. The molecule has 2 aromatic rings. The molecule has 1 aromatic heterocycles. The van der Waals surface area contributed by atoms with Crippen LogP contribution in [0.2, 0.25) is 0 Å². The Balaban J connectivity index is 2.12. The van der Waals surface area contributed by atoms with Crippen molar-refractivity contribution < 1.29 is 0 Å². The summed E-state index contributed by atoms with van der Waals surface area (Å²) in [6.07, 6.45) is 5.02. The van der Waals surface area contributed by atoms with Crippen LogP contribution in [0.4, 0.5) is 11.8 Å². The number of hydrogen-bond acceptors (Lipinski definition) is 4. The summed E-state index contributed by atoms with van der Waals surface area (Å²) in [7, 11) is 0. The van der Waals surface area contributed by atoms with Crippen LogP contribution < -0.4 is 10.6 Å². The van der Waals surface area contributed by atoms with Gasteiger partial charge in [0.05, 0.1) is 5.52 Å². The molecule has 20 heavy (non-hydrogen) atoms. The molecule has 108 valence electrons. The summed E-state index contributed by atoms with van der Waals surface area (Å²) >= 11 is 0. The molecular formula is C16H24N4. The van der Waals surface area contributed by atoms with Gasteiger partial charge in [0, 0.05) is 18.5 Å². The molecule has 0 aliphatic carbocycles. The van der Waals surface area contributed by atoms with E-state index in [4.69, 9.17) is 0 Å². The van der Waals surface area contributed by atoms with E-state index in [1.165, 1.54) is 25.7 Å². The third kappa shape index (κ3) is 3.83. The molecule has 0 radical (unpaired) electrons. The Morgan fingerprint density at radius 2 is 1.80 bits per heavy atom. The topological polar surface area (TPSA) is 49.8 Å². The summed E-state index contributed by atoms with van der Waals surface area (Å²) in [5.74, 6) is 1.63. The normalized spacial score (nSPS) is 10.7. The largest absolute Gasteiger partial charge is 0.369 e. The zero-order chi connectivity index (χ0) is 14.2. The van der Waals surface area contributed by atoms with E-state index in [1.54, 1.807) is 0 Å². The van der Waals surface area contributed by atoms with Crippen molar-refractivity contribution in [3.05, 3.63) is 24.3 Å². The predicted molar refractivity (Wildman–Crippen MR) is 86.3 cm³/mol. The van der Waals surface area contributed by atoms with Crippen LogP contribution in [0.25, 0.3) is 10.9 Å². The SMILES string of the molecule is CCCCCCNc1nc(NCC)nc2ccccc12. The van der Waals surface area contributed by atoms with Crippen LogP contribution >= 0.6 is 0 Å². The van der Waals surface area contributed by atoms with Gasteiger partial charge in [0.25, 0.3) is 0 Å². The van der Waals surface area contributed by atoms with Crippen LogP contribution in [-0.2, 0) is 0 Å². The minimum absolute atomic E-state index is 0.697. The first-order chi connectivity index (χ1) is 9.85. The van der Waals surface area contributed by atoms with Crippen molar-refractivity contribution in [3.8, 4) is 0 Å². The lowest BCUT2D eigenvalue weighted by molar-refractivity contribution is 0.684. The van der Waals surface area contributed by atoms with Crippen molar-refractivity contribution in [2.24, 2.45) is 0 Å². The zero-order valence-electron chi connectivity index (χ0n) is 12.4. The number of anilines is 2. The van der Waals surface area contributed by atoms with Gasteiger partial charge in [-0.2, -0.15) is 4.98 Å². The first-order valence-corrected chi connectivity index (χ1v) is 7.59. The summed E-state index contributed by atoms with van der Waals surface area (Å²) < 4.78 is 0. The third-order valence-electron chi connectivity index (χ3n) is 3.26. The molecule has 0 saturated heterocycles.